The summed E-state index contributed by atoms with van der Waals surface area (Å²) < 4.78 is 44.4. The predicted octanol–water partition coefficient (Wildman–Crippen LogP) is 2.60. The number of aromatic nitrogens is 1. The summed E-state index contributed by atoms with van der Waals surface area (Å²) in [4.78, 5) is 11.4. The second-order valence-electron chi connectivity index (χ2n) is 5.35. The van der Waals surface area contributed by atoms with E-state index in [0.29, 0.717) is 17.0 Å². The summed E-state index contributed by atoms with van der Waals surface area (Å²) in [6.45, 7) is 0. The van der Waals surface area contributed by atoms with Crippen LogP contribution in [0.1, 0.15) is 0 Å². The molecule has 0 radical (unpaired) electrons. The molecule has 0 amide bonds. The van der Waals surface area contributed by atoms with Gasteiger partial charge in [0.1, 0.15) is 4.90 Å². The topological polar surface area (TPSA) is 99.8 Å². The Labute approximate surface area is 153 Å². The number of nitrogens with zero attached hydrogens (tertiary/aromatic N) is 1. The van der Waals surface area contributed by atoms with Crippen LogP contribution in [0.25, 0.3) is 11.1 Å². The van der Waals surface area contributed by atoms with Crippen LogP contribution in [0.3, 0.4) is 0 Å². The molecule has 0 aliphatic rings. The molecule has 8 nitrogen and oxygen atoms in total. The predicted molar refractivity (Wildman–Crippen MR) is 96.8 cm³/mol. The molecule has 3 aromatic rings. The van der Waals surface area contributed by atoms with Crippen LogP contribution in [0.4, 0.5) is 5.69 Å². The highest BCUT2D eigenvalue weighted by Gasteiger charge is 2.22. The molecule has 138 valence electrons. The van der Waals surface area contributed by atoms with E-state index in [2.05, 4.69) is 4.72 Å². The lowest BCUT2D eigenvalue weighted by Crippen LogP contribution is -2.13. The molecule has 0 spiro atoms. The minimum absolute atomic E-state index is 0.0399. The minimum atomic E-state index is -4.03. The van der Waals surface area contributed by atoms with Crippen LogP contribution in [-0.4, -0.2) is 27.2 Å². The van der Waals surface area contributed by atoms with Gasteiger partial charge in [-0.1, -0.05) is 11.6 Å². The highest BCUT2D eigenvalue weighted by molar-refractivity contribution is 7.92. The first-order valence-electron chi connectivity index (χ1n) is 7.30. The van der Waals surface area contributed by atoms with Crippen LogP contribution in [0, 0.1) is 0 Å². The number of hydrogen-bond donors (Lipinski definition) is 1. The van der Waals surface area contributed by atoms with E-state index in [0.717, 1.165) is 0 Å². The molecular weight excluding hydrogens is 384 g/mol. The number of fused-ring (bicyclic) bond motifs is 1. The van der Waals surface area contributed by atoms with Gasteiger partial charge in [-0.05, 0) is 18.2 Å². The molecule has 26 heavy (non-hydrogen) atoms. The molecule has 0 aliphatic carbocycles. The number of aryl methyl sites for hydroxylation is 1. The Morgan fingerprint density at radius 1 is 1.12 bits per heavy atom. The van der Waals surface area contributed by atoms with Crippen LogP contribution >= 0.6 is 11.6 Å². The van der Waals surface area contributed by atoms with E-state index < -0.39 is 15.8 Å². The first-order valence-corrected chi connectivity index (χ1v) is 9.17. The molecule has 0 bridgehead atoms. The largest absolute Gasteiger partial charge is 0.493 e. The number of oxazole rings is 1. The zero-order valence-electron chi connectivity index (χ0n) is 14.1. The van der Waals surface area contributed by atoms with Crippen molar-refractivity contribution < 1.29 is 22.3 Å². The molecular formula is C16H15ClN2O6S. The molecule has 0 unspecified atom stereocenters. The number of benzene rings is 2. The number of hydrogen-bond acceptors (Lipinski definition) is 6. The Morgan fingerprint density at radius 2 is 1.81 bits per heavy atom. The van der Waals surface area contributed by atoms with Crippen LogP contribution in [0.2, 0.25) is 5.02 Å². The maximum atomic E-state index is 12.7. The summed E-state index contributed by atoms with van der Waals surface area (Å²) in [7, 11) is 0.387. The number of methoxy groups -OCH3 is 2. The molecule has 0 aliphatic heterocycles. The van der Waals surface area contributed by atoms with Crippen LogP contribution < -0.4 is 20.0 Å². The summed E-state index contributed by atoms with van der Waals surface area (Å²) >= 11 is 6.12. The van der Waals surface area contributed by atoms with Crippen molar-refractivity contribution in [1.29, 1.82) is 0 Å². The Balaban J connectivity index is 2.04. The van der Waals surface area contributed by atoms with Gasteiger partial charge in [0.2, 0.25) is 0 Å². The lowest BCUT2D eigenvalue weighted by atomic mass is 10.3. The summed E-state index contributed by atoms with van der Waals surface area (Å²) in [5, 5.41) is -0.0399. The molecule has 2 aromatic carbocycles. The summed E-state index contributed by atoms with van der Waals surface area (Å²) in [6, 6.07) is 7.14. The zero-order valence-corrected chi connectivity index (χ0v) is 15.6. The molecule has 3 rings (SSSR count). The molecule has 1 N–H and O–H groups in total. The van der Waals surface area contributed by atoms with Gasteiger partial charge >= 0.3 is 5.76 Å². The fourth-order valence-corrected chi connectivity index (χ4v) is 4.03. The fraction of sp³-hybridized carbons (Fsp3) is 0.188. The standard InChI is InChI=1S/C16H15ClN2O6S/c1-19-11-7-10(17)15(8-13(11)25-16(19)20)26(21,22)18-9-4-5-12(23-2)14(6-9)24-3/h4-8,18H,1-3H3. The highest BCUT2D eigenvalue weighted by Crippen LogP contribution is 2.32. The van der Waals surface area contributed by atoms with E-state index in [1.165, 1.54) is 50.1 Å². The summed E-state index contributed by atoms with van der Waals surface area (Å²) in [5.41, 5.74) is 0.771. The van der Waals surface area contributed by atoms with E-state index >= 15 is 0 Å². The maximum Gasteiger partial charge on any atom is 0.419 e. The second kappa shape index (κ2) is 6.58. The monoisotopic (exact) mass is 398 g/mol. The van der Waals surface area contributed by atoms with E-state index in [-0.39, 0.29) is 21.2 Å². The molecule has 10 heteroatoms. The zero-order chi connectivity index (χ0) is 19.1. The molecule has 1 heterocycles. The molecule has 0 saturated heterocycles. The molecule has 1 aromatic heterocycles. The van der Waals surface area contributed by atoms with Crippen molar-refractivity contribution in [3.8, 4) is 11.5 Å². The second-order valence-corrected chi connectivity index (χ2v) is 7.41. The fourth-order valence-electron chi connectivity index (χ4n) is 2.44. The Bertz CT molecular complexity index is 1150. The summed E-state index contributed by atoms with van der Waals surface area (Å²) in [5.74, 6) is 0.211. The van der Waals surface area contributed by atoms with Crippen LogP contribution in [-0.2, 0) is 17.1 Å². The number of ether oxygens (including phenoxy) is 2. The smallest absolute Gasteiger partial charge is 0.419 e. The minimum Gasteiger partial charge on any atom is -0.493 e. The quantitative estimate of drug-likeness (QED) is 0.709. The van der Waals surface area contributed by atoms with Gasteiger partial charge in [0.25, 0.3) is 10.0 Å². The summed E-state index contributed by atoms with van der Waals surface area (Å²) in [6.07, 6.45) is 0. The number of rotatable bonds is 5. The van der Waals surface area contributed by atoms with Crippen molar-refractivity contribution in [2.24, 2.45) is 7.05 Å². The first kappa shape index (κ1) is 18.2. The van der Waals surface area contributed by atoms with Crippen LogP contribution in [0.15, 0.2) is 44.4 Å². The molecule has 0 atom stereocenters. The van der Waals surface area contributed by atoms with Crippen molar-refractivity contribution in [2.75, 3.05) is 18.9 Å². The van der Waals surface area contributed by atoms with Crippen molar-refractivity contribution in [3.05, 3.63) is 45.9 Å². The number of halogens is 1. The normalized spacial score (nSPS) is 11.5. The van der Waals surface area contributed by atoms with Crippen LogP contribution in [0.5, 0.6) is 11.5 Å². The Hall–Kier alpha value is -2.65. The van der Waals surface area contributed by atoms with Gasteiger partial charge in [0.15, 0.2) is 17.1 Å². The van der Waals surface area contributed by atoms with E-state index in [4.69, 9.17) is 25.5 Å². The molecule has 0 saturated carbocycles. The maximum absolute atomic E-state index is 12.7. The van der Waals surface area contributed by atoms with Gasteiger partial charge in [-0.2, -0.15) is 0 Å². The highest BCUT2D eigenvalue weighted by atomic mass is 35.5. The SMILES string of the molecule is COc1ccc(NS(=O)(=O)c2cc3oc(=O)n(C)c3cc2Cl)cc1OC. The number of nitrogens with one attached hydrogen (secondary N) is 1. The van der Waals surface area contributed by atoms with Gasteiger partial charge in [0.05, 0.1) is 30.4 Å². The Morgan fingerprint density at radius 3 is 2.46 bits per heavy atom. The van der Waals surface area contributed by atoms with Crippen molar-refractivity contribution in [2.45, 2.75) is 4.90 Å². The lowest BCUT2D eigenvalue weighted by molar-refractivity contribution is 0.355. The first-order chi connectivity index (χ1) is 12.3. The number of sulfonamides is 1. The number of anilines is 1. The van der Waals surface area contributed by atoms with Crippen molar-refractivity contribution in [3.63, 3.8) is 0 Å². The average molecular weight is 399 g/mol. The lowest BCUT2D eigenvalue weighted by Gasteiger charge is -2.12. The van der Waals surface area contributed by atoms with Gasteiger partial charge in [-0.25, -0.2) is 13.2 Å². The van der Waals surface area contributed by atoms with E-state index in [9.17, 15) is 13.2 Å². The average Bonchev–Trinajstić information content (AvgIpc) is 2.87. The van der Waals surface area contributed by atoms with Gasteiger partial charge in [-0.3, -0.25) is 9.29 Å². The Kier molecular flexibility index (Phi) is 4.59. The third kappa shape index (κ3) is 3.11. The van der Waals surface area contributed by atoms with Crippen molar-refractivity contribution in [1.82, 2.24) is 4.57 Å². The van der Waals surface area contributed by atoms with Crippen molar-refractivity contribution >= 4 is 38.4 Å². The third-order valence-corrected chi connectivity index (χ3v) is 5.62. The van der Waals surface area contributed by atoms with Gasteiger partial charge < -0.3 is 13.9 Å². The van der Waals surface area contributed by atoms with Gasteiger partial charge in [-0.15, -0.1) is 0 Å². The molecule has 0 fully saturated rings. The van der Waals surface area contributed by atoms with E-state index in [1.807, 2.05) is 0 Å². The van der Waals surface area contributed by atoms with Gasteiger partial charge in [0, 0.05) is 19.2 Å². The third-order valence-electron chi connectivity index (χ3n) is 3.77. The van der Waals surface area contributed by atoms with E-state index in [1.54, 1.807) is 6.07 Å².